The van der Waals surface area contributed by atoms with Crippen LogP contribution >= 0.6 is 0 Å². The highest BCUT2D eigenvalue weighted by molar-refractivity contribution is 5.78. The topological polar surface area (TPSA) is 41.1 Å². The largest absolute Gasteiger partial charge is 0.352 e. The lowest BCUT2D eigenvalue weighted by Crippen LogP contribution is -2.35. The first-order valence-electron chi connectivity index (χ1n) is 6.21. The van der Waals surface area contributed by atoms with Crippen molar-refractivity contribution in [2.24, 2.45) is 0 Å². The Kier molecular flexibility index (Phi) is 3.79. The summed E-state index contributed by atoms with van der Waals surface area (Å²) in [5.41, 5.74) is 3.96. The number of aryl methyl sites for hydroxylation is 2. The molecule has 0 saturated carbocycles. The molecule has 1 heterocycles. The second-order valence-corrected chi connectivity index (χ2v) is 4.86. The molecule has 3 heteroatoms. The van der Waals surface area contributed by atoms with Gasteiger partial charge in [0.25, 0.3) is 0 Å². The second kappa shape index (κ2) is 5.32. The van der Waals surface area contributed by atoms with Gasteiger partial charge in [-0.25, -0.2) is 0 Å². The van der Waals surface area contributed by atoms with Crippen molar-refractivity contribution >= 4 is 5.91 Å². The Hall–Kier alpha value is -1.35. The molecule has 0 radical (unpaired) electrons. The minimum atomic E-state index is 0.184. The molecule has 1 atom stereocenters. The zero-order valence-electron chi connectivity index (χ0n) is 10.5. The van der Waals surface area contributed by atoms with E-state index in [9.17, 15) is 4.79 Å². The summed E-state index contributed by atoms with van der Waals surface area (Å²) in [7, 11) is 0. The van der Waals surface area contributed by atoms with Gasteiger partial charge in [0.1, 0.15) is 0 Å². The zero-order chi connectivity index (χ0) is 12.3. The van der Waals surface area contributed by atoms with Crippen molar-refractivity contribution < 1.29 is 4.79 Å². The molecule has 17 heavy (non-hydrogen) atoms. The van der Waals surface area contributed by atoms with Gasteiger partial charge in [-0.15, -0.1) is 0 Å². The number of carbonyl (C=O) groups excluding carboxylic acids is 1. The van der Waals surface area contributed by atoms with E-state index >= 15 is 0 Å². The van der Waals surface area contributed by atoms with E-state index in [0.29, 0.717) is 12.5 Å². The zero-order valence-corrected chi connectivity index (χ0v) is 10.5. The maximum Gasteiger partial charge on any atom is 0.220 e. The Morgan fingerprint density at radius 1 is 1.41 bits per heavy atom. The quantitative estimate of drug-likeness (QED) is 0.829. The van der Waals surface area contributed by atoms with E-state index in [1.807, 2.05) is 0 Å². The van der Waals surface area contributed by atoms with Crippen molar-refractivity contribution in [3.63, 3.8) is 0 Å². The molecule has 2 N–H and O–H groups in total. The highest BCUT2D eigenvalue weighted by atomic mass is 16.1. The fourth-order valence-electron chi connectivity index (χ4n) is 2.26. The van der Waals surface area contributed by atoms with Crippen LogP contribution in [0.15, 0.2) is 18.2 Å². The summed E-state index contributed by atoms with van der Waals surface area (Å²) in [6.45, 7) is 5.98. The molecule has 1 aliphatic rings. The molecule has 0 spiro atoms. The predicted octanol–water partition coefficient (Wildman–Crippen LogP) is 1.67. The first-order valence-corrected chi connectivity index (χ1v) is 6.21. The summed E-state index contributed by atoms with van der Waals surface area (Å²) in [6.07, 6.45) is 1.63. The predicted molar refractivity (Wildman–Crippen MR) is 68.8 cm³/mol. The van der Waals surface area contributed by atoms with Crippen molar-refractivity contribution in [2.75, 3.05) is 6.54 Å². The van der Waals surface area contributed by atoms with Crippen molar-refractivity contribution in [1.29, 1.82) is 0 Å². The Labute approximate surface area is 103 Å². The van der Waals surface area contributed by atoms with Crippen LogP contribution in [-0.4, -0.2) is 18.5 Å². The summed E-state index contributed by atoms with van der Waals surface area (Å²) in [6, 6.07) is 6.83. The summed E-state index contributed by atoms with van der Waals surface area (Å²) in [4.78, 5) is 11.0. The maximum atomic E-state index is 11.0. The van der Waals surface area contributed by atoms with E-state index in [2.05, 4.69) is 42.7 Å². The Balaban J connectivity index is 1.80. The van der Waals surface area contributed by atoms with Gasteiger partial charge in [0.2, 0.25) is 5.91 Å². The number of carbonyl (C=O) groups is 1. The Morgan fingerprint density at radius 2 is 2.24 bits per heavy atom. The van der Waals surface area contributed by atoms with Crippen molar-refractivity contribution in [1.82, 2.24) is 10.6 Å². The van der Waals surface area contributed by atoms with E-state index in [4.69, 9.17) is 0 Å². The fourth-order valence-corrected chi connectivity index (χ4v) is 2.26. The van der Waals surface area contributed by atoms with Crippen LogP contribution in [0.3, 0.4) is 0 Å². The summed E-state index contributed by atoms with van der Waals surface area (Å²) < 4.78 is 0. The smallest absolute Gasteiger partial charge is 0.220 e. The molecule has 0 aromatic heterocycles. The van der Waals surface area contributed by atoms with Gasteiger partial charge in [-0.3, -0.25) is 4.79 Å². The van der Waals surface area contributed by atoms with Crippen LogP contribution in [0.1, 0.15) is 29.5 Å². The van der Waals surface area contributed by atoms with Gasteiger partial charge in [-0.2, -0.15) is 0 Å². The van der Waals surface area contributed by atoms with E-state index in [1.54, 1.807) is 0 Å². The van der Waals surface area contributed by atoms with Crippen LogP contribution in [0.5, 0.6) is 0 Å². The third-order valence-corrected chi connectivity index (χ3v) is 3.29. The van der Waals surface area contributed by atoms with Crippen LogP contribution in [0.25, 0.3) is 0 Å². The molecule has 1 amide bonds. The summed E-state index contributed by atoms with van der Waals surface area (Å²) in [5.74, 6) is 0.184. The second-order valence-electron chi connectivity index (χ2n) is 4.86. The van der Waals surface area contributed by atoms with Crippen LogP contribution in [0, 0.1) is 13.8 Å². The van der Waals surface area contributed by atoms with Gasteiger partial charge in [-0.05, 0) is 31.4 Å². The van der Waals surface area contributed by atoms with Crippen LogP contribution in [0.4, 0.5) is 0 Å². The molecule has 0 bridgehead atoms. The number of rotatable bonds is 4. The maximum absolute atomic E-state index is 11.0. The lowest BCUT2D eigenvalue weighted by Gasteiger charge is -2.12. The Morgan fingerprint density at radius 3 is 2.88 bits per heavy atom. The molecule has 0 aliphatic carbocycles. The fraction of sp³-hybridized carbons (Fsp3) is 0.500. The third kappa shape index (κ3) is 3.30. The summed E-state index contributed by atoms with van der Waals surface area (Å²) >= 11 is 0. The van der Waals surface area contributed by atoms with E-state index in [-0.39, 0.29) is 5.91 Å². The average molecular weight is 232 g/mol. The Bertz CT molecular complexity index is 415. The number of amides is 1. The lowest BCUT2D eigenvalue weighted by atomic mass is 10.1. The van der Waals surface area contributed by atoms with E-state index in [1.165, 1.54) is 16.7 Å². The number of hydrogen-bond donors (Lipinski definition) is 2. The standard InChI is InChI=1S/C14H20N2O/c1-10-3-4-12(11(2)7-10)8-15-9-13-5-6-14(17)16-13/h3-4,7,13,15H,5-6,8-9H2,1-2H3,(H,16,17)/t13-/m0/s1. The highest BCUT2D eigenvalue weighted by Gasteiger charge is 2.19. The molecular formula is C14H20N2O. The van der Waals surface area contributed by atoms with Crippen molar-refractivity contribution in [3.8, 4) is 0 Å². The first-order chi connectivity index (χ1) is 8.15. The monoisotopic (exact) mass is 232 g/mol. The van der Waals surface area contributed by atoms with E-state index < -0.39 is 0 Å². The van der Waals surface area contributed by atoms with Crippen LogP contribution in [-0.2, 0) is 11.3 Å². The van der Waals surface area contributed by atoms with Gasteiger partial charge in [0.05, 0.1) is 0 Å². The third-order valence-electron chi connectivity index (χ3n) is 3.29. The molecule has 92 valence electrons. The normalized spacial score (nSPS) is 19.4. The number of nitrogens with one attached hydrogen (secondary N) is 2. The highest BCUT2D eigenvalue weighted by Crippen LogP contribution is 2.10. The molecule has 3 nitrogen and oxygen atoms in total. The molecule has 1 aromatic carbocycles. The van der Waals surface area contributed by atoms with Gasteiger partial charge >= 0.3 is 0 Å². The molecule has 2 rings (SSSR count). The molecule has 1 fully saturated rings. The lowest BCUT2D eigenvalue weighted by molar-refractivity contribution is -0.119. The summed E-state index contributed by atoms with van der Waals surface area (Å²) in [5, 5.41) is 6.37. The van der Waals surface area contributed by atoms with Crippen molar-refractivity contribution in [2.45, 2.75) is 39.3 Å². The SMILES string of the molecule is Cc1ccc(CNC[C@@H]2CCC(=O)N2)c(C)c1. The molecule has 1 aromatic rings. The first kappa shape index (κ1) is 12.1. The molecule has 0 unspecified atom stereocenters. The minimum absolute atomic E-state index is 0.184. The van der Waals surface area contributed by atoms with E-state index in [0.717, 1.165) is 19.5 Å². The molecular weight excluding hydrogens is 212 g/mol. The van der Waals surface area contributed by atoms with Crippen LogP contribution < -0.4 is 10.6 Å². The van der Waals surface area contributed by atoms with Crippen LogP contribution in [0.2, 0.25) is 0 Å². The molecule has 1 saturated heterocycles. The minimum Gasteiger partial charge on any atom is -0.352 e. The average Bonchev–Trinajstić information content (AvgIpc) is 2.68. The number of benzene rings is 1. The van der Waals surface area contributed by atoms with Gasteiger partial charge in [-0.1, -0.05) is 23.8 Å². The van der Waals surface area contributed by atoms with Crippen molar-refractivity contribution in [3.05, 3.63) is 34.9 Å². The molecule has 1 aliphatic heterocycles. The van der Waals surface area contributed by atoms with Gasteiger partial charge < -0.3 is 10.6 Å². The van der Waals surface area contributed by atoms with Gasteiger partial charge in [0.15, 0.2) is 0 Å². The number of hydrogen-bond acceptors (Lipinski definition) is 2. The van der Waals surface area contributed by atoms with Gasteiger partial charge in [0, 0.05) is 25.6 Å².